The fourth-order valence-corrected chi connectivity index (χ4v) is 3.76. The molecule has 0 saturated heterocycles. The van der Waals surface area contributed by atoms with E-state index in [0.29, 0.717) is 22.2 Å². The Morgan fingerprint density at radius 3 is 2.19 bits per heavy atom. The van der Waals surface area contributed by atoms with E-state index < -0.39 is 29.9 Å². The Balaban J connectivity index is 2.15. The molecule has 0 aliphatic rings. The number of aromatic nitrogens is 1. The largest absolute Gasteiger partial charge is 0.573 e. The first kappa shape index (κ1) is 22.2. The van der Waals surface area contributed by atoms with Crippen molar-refractivity contribution in [3.8, 4) is 11.5 Å². The van der Waals surface area contributed by atoms with Gasteiger partial charge < -0.3 is 14.9 Å². The van der Waals surface area contributed by atoms with Gasteiger partial charge in [-0.2, -0.15) is 0 Å². The molecule has 164 valence electrons. The van der Waals surface area contributed by atoms with Gasteiger partial charge >= 0.3 is 12.3 Å². The molecule has 0 amide bonds. The van der Waals surface area contributed by atoms with Crippen LogP contribution in [0.3, 0.4) is 0 Å². The number of rotatable bonds is 5. The molecule has 1 aromatic heterocycles. The SMILES string of the molecule is Cc1c(C(C(=O)O)C(C)C)c2cc(O)ccc2n1C(=O)c1ccc(OC(F)(F)F)cc1. The highest BCUT2D eigenvalue weighted by Crippen LogP contribution is 2.38. The van der Waals surface area contributed by atoms with Crippen molar-refractivity contribution < 1.29 is 37.7 Å². The van der Waals surface area contributed by atoms with Crippen molar-refractivity contribution in [1.29, 1.82) is 0 Å². The third-order valence-electron chi connectivity index (χ3n) is 5.02. The number of phenolic OH excluding ortho intramolecular Hbond substituents is 1. The van der Waals surface area contributed by atoms with Crippen LogP contribution in [0.15, 0.2) is 42.5 Å². The van der Waals surface area contributed by atoms with Gasteiger partial charge in [-0.1, -0.05) is 13.8 Å². The molecular formula is C22H20F3NO5. The fraction of sp³-hybridized carbons (Fsp3) is 0.273. The van der Waals surface area contributed by atoms with Crippen LogP contribution in [0.25, 0.3) is 10.9 Å². The van der Waals surface area contributed by atoms with Gasteiger partial charge in [0.1, 0.15) is 11.5 Å². The summed E-state index contributed by atoms with van der Waals surface area (Å²) in [4.78, 5) is 25.2. The Labute approximate surface area is 175 Å². The Morgan fingerprint density at radius 1 is 1.06 bits per heavy atom. The van der Waals surface area contributed by atoms with Gasteiger partial charge in [-0.05, 0) is 60.9 Å². The first-order chi connectivity index (χ1) is 14.4. The number of ether oxygens (including phenoxy) is 1. The zero-order valence-corrected chi connectivity index (χ0v) is 16.9. The van der Waals surface area contributed by atoms with E-state index in [1.54, 1.807) is 20.8 Å². The number of nitrogens with zero attached hydrogens (tertiary/aromatic N) is 1. The normalized spacial score (nSPS) is 12.9. The monoisotopic (exact) mass is 435 g/mol. The van der Waals surface area contributed by atoms with Crippen LogP contribution in [0.2, 0.25) is 0 Å². The summed E-state index contributed by atoms with van der Waals surface area (Å²) in [5.41, 5.74) is 1.25. The maximum absolute atomic E-state index is 13.2. The number of alkyl halides is 3. The van der Waals surface area contributed by atoms with Gasteiger partial charge in [-0.15, -0.1) is 13.2 Å². The number of carboxylic acid groups (broad SMARTS) is 1. The number of hydrogen-bond donors (Lipinski definition) is 2. The van der Waals surface area contributed by atoms with E-state index >= 15 is 0 Å². The molecule has 0 aliphatic carbocycles. The van der Waals surface area contributed by atoms with Gasteiger partial charge in [0.25, 0.3) is 5.91 Å². The number of fused-ring (bicyclic) bond motifs is 1. The van der Waals surface area contributed by atoms with Gasteiger partial charge in [0.15, 0.2) is 0 Å². The van der Waals surface area contributed by atoms with E-state index in [1.807, 2.05) is 0 Å². The summed E-state index contributed by atoms with van der Waals surface area (Å²) in [7, 11) is 0. The topological polar surface area (TPSA) is 88.8 Å². The number of benzene rings is 2. The van der Waals surface area contributed by atoms with E-state index in [0.717, 1.165) is 12.1 Å². The number of halogens is 3. The van der Waals surface area contributed by atoms with Crippen LogP contribution in [-0.2, 0) is 4.79 Å². The average Bonchev–Trinajstić information content (AvgIpc) is 2.92. The first-order valence-corrected chi connectivity index (χ1v) is 9.38. The predicted molar refractivity (Wildman–Crippen MR) is 106 cm³/mol. The third-order valence-corrected chi connectivity index (χ3v) is 5.02. The molecule has 3 rings (SSSR count). The minimum absolute atomic E-state index is 0.0834. The van der Waals surface area contributed by atoms with E-state index in [2.05, 4.69) is 4.74 Å². The lowest BCUT2D eigenvalue weighted by Crippen LogP contribution is -2.20. The summed E-state index contributed by atoms with van der Waals surface area (Å²) < 4.78 is 42.3. The maximum Gasteiger partial charge on any atom is 0.573 e. The number of phenols is 1. The second-order valence-electron chi connectivity index (χ2n) is 7.47. The highest BCUT2D eigenvalue weighted by molar-refractivity contribution is 6.05. The van der Waals surface area contributed by atoms with Crippen molar-refractivity contribution >= 4 is 22.8 Å². The molecule has 2 N–H and O–H groups in total. The minimum atomic E-state index is -4.85. The van der Waals surface area contributed by atoms with E-state index in [-0.39, 0.29) is 17.2 Å². The number of hydrogen-bond acceptors (Lipinski definition) is 4. The summed E-state index contributed by atoms with van der Waals surface area (Å²) in [5.74, 6) is -3.39. The van der Waals surface area contributed by atoms with Crippen molar-refractivity contribution in [3.63, 3.8) is 0 Å². The molecule has 2 aromatic carbocycles. The van der Waals surface area contributed by atoms with Crippen molar-refractivity contribution in [2.24, 2.45) is 5.92 Å². The first-order valence-electron chi connectivity index (χ1n) is 9.38. The molecular weight excluding hydrogens is 415 g/mol. The molecule has 9 heteroatoms. The van der Waals surface area contributed by atoms with E-state index in [4.69, 9.17) is 0 Å². The number of aliphatic carboxylic acids is 1. The average molecular weight is 435 g/mol. The van der Waals surface area contributed by atoms with Crippen LogP contribution < -0.4 is 4.74 Å². The fourth-order valence-electron chi connectivity index (χ4n) is 3.76. The molecule has 0 radical (unpaired) electrons. The second kappa shape index (κ2) is 7.98. The molecule has 1 unspecified atom stereocenters. The molecule has 0 saturated carbocycles. The molecule has 31 heavy (non-hydrogen) atoms. The lowest BCUT2D eigenvalue weighted by Gasteiger charge is -2.17. The molecule has 0 spiro atoms. The number of carbonyl (C=O) groups is 2. The van der Waals surface area contributed by atoms with Crippen molar-refractivity contribution in [2.75, 3.05) is 0 Å². The lowest BCUT2D eigenvalue weighted by molar-refractivity contribution is -0.274. The highest BCUT2D eigenvalue weighted by Gasteiger charge is 2.32. The summed E-state index contributed by atoms with van der Waals surface area (Å²) in [5, 5.41) is 20.1. The lowest BCUT2D eigenvalue weighted by atomic mass is 9.86. The van der Waals surface area contributed by atoms with Crippen molar-refractivity contribution in [1.82, 2.24) is 4.57 Å². The van der Waals surface area contributed by atoms with Crippen molar-refractivity contribution in [2.45, 2.75) is 33.1 Å². The minimum Gasteiger partial charge on any atom is -0.508 e. The zero-order chi connectivity index (χ0) is 23.1. The third kappa shape index (κ3) is 4.35. The molecule has 0 aliphatic heterocycles. The van der Waals surface area contributed by atoms with Crippen LogP contribution in [0.5, 0.6) is 11.5 Å². The quantitative estimate of drug-likeness (QED) is 0.584. The van der Waals surface area contributed by atoms with Gasteiger partial charge in [0.05, 0.1) is 11.4 Å². The van der Waals surface area contributed by atoms with Gasteiger partial charge in [0, 0.05) is 16.6 Å². The Bertz CT molecular complexity index is 1150. The molecule has 1 heterocycles. The van der Waals surface area contributed by atoms with Gasteiger partial charge in [-0.25, -0.2) is 0 Å². The summed E-state index contributed by atoms with van der Waals surface area (Å²) in [6.45, 7) is 5.08. The Kier molecular flexibility index (Phi) is 5.71. The summed E-state index contributed by atoms with van der Waals surface area (Å²) in [6, 6.07) is 8.74. The summed E-state index contributed by atoms with van der Waals surface area (Å²) >= 11 is 0. The van der Waals surface area contributed by atoms with Crippen molar-refractivity contribution in [3.05, 3.63) is 59.3 Å². The van der Waals surface area contributed by atoms with Crippen LogP contribution in [0.1, 0.15) is 41.4 Å². The number of aromatic hydroxyl groups is 1. The second-order valence-corrected chi connectivity index (χ2v) is 7.47. The van der Waals surface area contributed by atoms with Crippen LogP contribution in [0.4, 0.5) is 13.2 Å². The molecule has 3 aromatic rings. The zero-order valence-electron chi connectivity index (χ0n) is 16.9. The van der Waals surface area contributed by atoms with Crippen LogP contribution in [-0.4, -0.2) is 33.0 Å². The molecule has 0 bridgehead atoms. The Morgan fingerprint density at radius 2 is 1.68 bits per heavy atom. The van der Waals surface area contributed by atoms with Crippen LogP contribution in [0, 0.1) is 12.8 Å². The molecule has 0 fully saturated rings. The summed E-state index contributed by atoms with van der Waals surface area (Å²) in [6.07, 6.45) is -4.85. The highest BCUT2D eigenvalue weighted by atomic mass is 19.4. The maximum atomic E-state index is 13.2. The van der Waals surface area contributed by atoms with Gasteiger partial charge in [0.2, 0.25) is 0 Å². The van der Waals surface area contributed by atoms with Crippen LogP contribution >= 0.6 is 0 Å². The molecule has 6 nitrogen and oxygen atoms in total. The molecule has 1 atom stereocenters. The van der Waals surface area contributed by atoms with E-state index in [1.165, 1.54) is 34.9 Å². The number of carbonyl (C=O) groups excluding carboxylic acids is 1. The number of carboxylic acids is 1. The predicted octanol–water partition coefficient (Wildman–Crippen LogP) is 5.07. The van der Waals surface area contributed by atoms with E-state index in [9.17, 15) is 33.0 Å². The Hall–Kier alpha value is -3.49. The smallest absolute Gasteiger partial charge is 0.508 e. The standard InChI is InChI=1S/C22H20F3NO5/c1-11(2)18(21(29)30)19-12(3)26(17-9-6-14(27)10-16(17)19)20(28)13-4-7-15(8-5-13)31-22(23,24)25/h4-11,18,27H,1-3H3,(H,29,30). The van der Waals surface area contributed by atoms with Gasteiger partial charge in [-0.3, -0.25) is 14.2 Å².